The molecule has 0 aromatic heterocycles. The Morgan fingerprint density at radius 1 is 1.42 bits per heavy atom. The van der Waals surface area contributed by atoms with Crippen molar-refractivity contribution in [3.8, 4) is 0 Å². The molecule has 0 spiro atoms. The van der Waals surface area contributed by atoms with Crippen LogP contribution in [0.2, 0.25) is 0 Å². The number of nitro groups is 1. The van der Waals surface area contributed by atoms with Crippen LogP contribution < -0.4 is 11.1 Å². The Balaban J connectivity index is 1.99. The van der Waals surface area contributed by atoms with Crippen molar-refractivity contribution in [2.75, 3.05) is 19.6 Å². The predicted molar refractivity (Wildman–Crippen MR) is 89.0 cm³/mol. The molecule has 1 aromatic rings. The fourth-order valence-corrected chi connectivity index (χ4v) is 2.74. The summed E-state index contributed by atoms with van der Waals surface area (Å²) < 4.78 is 0. The normalized spacial score (nSPS) is 17.7. The number of likely N-dealkylation sites (tertiary alicyclic amines) is 1. The third-order valence-corrected chi connectivity index (χ3v) is 3.93. The zero-order valence-electron chi connectivity index (χ0n) is 13.2. The Bertz CT molecular complexity index is 659. The number of para-hydroxylation sites is 1. The molecule has 1 heterocycles. The van der Waals surface area contributed by atoms with Gasteiger partial charge in [0, 0.05) is 31.8 Å². The first-order valence-corrected chi connectivity index (χ1v) is 7.71. The van der Waals surface area contributed by atoms with E-state index in [-0.39, 0.29) is 17.5 Å². The first-order chi connectivity index (χ1) is 11.5. The second-order valence-corrected chi connectivity index (χ2v) is 5.69. The fourth-order valence-electron chi connectivity index (χ4n) is 2.74. The van der Waals surface area contributed by atoms with Crippen molar-refractivity contribution in [2.24, 2.45) is 11.7 Å². The number of primary amides is 1. The van der Waals surface area contributed by atoms with Crippen molar-refractivity contribution in [1.29, 1.82) is 0 Å². The zero-order valence-corrected chi connectivity index (χ0v) is 13.2. The van der Waals surface area contributed by atoms with E-state index < -0.39 is 11.0 Å². The van der Waals surface area contributed by atoms with Gasteiger partial charge in [0.05, 0.1) is 10.5 Å². The summed E-state index contributed by atoms with van der Waals surface area (Å²) in [6.07, 6.45) is 4.58. The second-order valence-electron chi connectivity index (χ2n) is 5.69. The summed E-state index contributed by atoms with van der Waals surface area (Å²) in [6.45, 7) is 1.60. The predicted octanol–water partition coefficient (Wildman–Crippen LogP) is 1.51. The molecular weight excluding hydrogens is 312 g/mol. The number of piperidine rings is 1. The zero-order chi connectivity index (χ0) is 17.5. The van der Waals surface area contributed by atoms with Crippen LogP contribution in [0, 0.1) is 16.0 Å². The number of hydrogen-bond acceptors (Lipinski definition) is 4. The first kappa shape index (κ1) is 17.5. The molecular formula is C16H20N4O4. The minimum atomic E-state index is -0.574. The maximum atomic E-state index is 12.3. The highest BCUT2D eigenvalue weighted by Crippen LogP contribution is 2.20. The van der Waals surface area contributed by atoms with Gasteiger partial charge in [-0.15, -0.1) is 0 Å². The van der Waals surface area contributed by atoms with Crippen LogP contribution in [0.1, 0.15) is 18.4 Å². The van der Waals surface area contributed by atoms with Gasteiger partial charge in [-0.2, -0.15) is 0 Å². The Kier molecular flexibility index (Phi) is 5.89. The maximum Gasteiger partial charge on any atom is 0.312 e. The number of hydrogen-bond donors (Lipinski definition) is 2. The standard InChI is InChI=1S/C16H20N4O4/c17-16(22)18-10-12-4-3-9-19(11-12)15(21)8-7-13-5-1-2-6-14(13)20(23)24/h1-2,5-8,12H,3-4,9-11H2,(H3,17,18,22)/b8-7+/t12-/m0/s1. The molecule has 1 aliphatic rings. The van der Waals surface area contributed by atoms with Crippen molar-refractivity contribution in [3.63, 3.8) is 0 Å². The number of urea groups is 1. The molecule has 2 rings (SSSR count). The minimum absolute atomic E-state index is 0.0382. The van der Waals surface area contributed by atoms with Crippen LogP contribution in [0.5, 0.6) is 0 Å². The fraction of sp³-hybridized carbons (Fsp3) is 0.375. The SMILES string of the molecule is NC(=O)NC[C@@H]1CCCN(C(=O)/C=C/c2ccccc2[N+](=O)[O-])C1. The Hall–Kier alpha value is -2.90. The van der Waals surface area contributed by atoms with Gasteiger partial charge in [-0.05, 0) is 30.9 Å². The quantitative estimate of drug-likeness (QED) is 0.482. The van der Waals surface area contributed by atoms with Crippen molar-refractivity contribution in [2.45, 2.75) is 12.8 Å². The molecule has 8 nitrogen and oxygen atoms in total. The van der Waals surface area contributed by atoms with Crippen LogP contribution in [-0.4, -0.2) is 41.4 Å². The summed E-state index contributed by atoms with van der Waals surface area (Å²) in [6, 6.07) is 5.69. The van der Waals surface area contributed by atoms with E-state index in [9.17, 15) is 19.7 Å². The van der Waals surface area contributed by atoms with Gasteiger partial charge in [0.25, 0.3) is 5.69 Å². The van der Waals surface area contributed by atoms with Gasteiger partial charge in [-0.1, -0.05) is 12.1 Å². The topological polar surface area (TPSA) is 119 Å². The number of amides is 3. The van der Waals surface area contributed by atoms with Crippen LogP contribution >= 0.6 is 0 Å². The highest BCUT2D eigenvalue weighted by molar-refractivity contribution is 5.92. The Labute approximate surface area is 139 Å². The number of rotatable bonds is 5. The summed E-state index contributed by atoms with van der Waals surface area (Å²) in [4.78, 5) is 35.2. The van der Waals surface area contributed by atoms with E-state index in [1.807, 2.05) is 0 Å². The van der Waals surface area contributed by atoms with Gasteiger partial charge in [0.2, 0.25) is 5.91 Å². The summed E-state index contributed by atoms with van der Waals surface area (Å²) in [7, 11) is 0. The van der Waals surface area contributed by atoms with Crippen LogP contribution in [0.25, 0.3) is 6.08 Å². The molecule has 0 aliphatic carbocycles. The molecule has 3 N–H and O–H groups in total. The molecule has 1 aliphatic heterocycles. The molecule has 0 bridgehead atoms. The lowest BCUT2D eigenvalue weighted by Gasteiger charge is -2.32. The first-order valence-electron chi connectivity index (χ1n) is 7.71. The summed E-state index contributed by atoms with van der Waals surface area (Å²) in [5.74, 6) is -0.0356. The minimum Gasteiger partial charge on any atom is -0.352 e. The van der Waals surface area contributed by atoms with Crippen LogP contribution in [0.15, 0.2) is 30.3 Å². The van der Waals surface area contributed by atoms with Crippen molar-refractivity contribution >= 4 is 23.7 Å². The molecule has 1 fully saturated rings. The molecule has 3 amide bonds. The average Bonchev–Trinajstić information content (AvgIpc) is 2.58. The molecule has 128 valence electrons. The third kappa shape index (κ3) is 4.80. The molecule has 1 atom stereocenters. The van der Waals surface area contributed by atoms with Crippen LogP contribution in [-0.2, 0) is 4.79 Å². The van der Waals surface area contributed by atoms with Crippen LogP contribution in [0.4, 0.5) is 10.5 Å². The Morgan fingerprint density at radius 2 is 2.17 bits per heavy atom. The van der Waals surface area contributed by atoms with E-state index in [0.717, 1.165) is 12.8 Å². The van der Waals surface area contributed by atoms with E-state index in [1.54, 1.807) is 23.1 Å². The Morgan fingerprint density at radius 3 is 2.88 bits per heavy atom. The van der Waals surface area contributed by atoms with Crippen LogP contribution in [0.3, 0.4) is 0 Å². The molecule has 24 heavy (non-hydrogen) atoms. The van der Waals surface area contributed by atoms with Crippen molar-refractivity contribution in [1.82, 2.24) is 10.2 Å². The number of carbonyl (C=O) groups excluding carboxylic acids is 2. The number of nitrogens with two attached hydrogens (primary N) is 1. The van der Waals surface area contributed by atoms with E-state index in [0.29, 0.717) is 25.2 Å². The van der Waals surface area contributed by atoms with Gasteiger partial charge < -0.3 is 16.0 Å². The molecule has 0 radical (unpaired) electrons. The van der Waals surface area contributed by atoms with E-state index in [2.05, 4.69) is 5.32 Å². The highest BCUT2D eigenvalue weighted by atomic mass is 16.6. The average molecular weight is 332 g/mol. The van der Waals surface area contributed by atoms with Crippen molar-refractivity contribution in [3.05, 3.63) is 46.0 Å². The summed E-state index contributed by atoms with van der Waals surface area (Å²) in [5.41, 5.74) is 5.41. The monoisotopic (exact) mass is 332 g/mol. The molecule has 1 saturated heterocycles. The smallest absolute Gasteiger partial charge is 0.312 e. The summed E-state index contributed by atoms with van der Waals surface area (Å²) in [5, 5.41) is 13.5. The number of nitro benzene ring substituents is 1. The van der Waals surface area contributed by atoms with Gasteiger partial charge >= 0.3 is 6.03 Å². The van der Waals surface area contributed by atoms with E-state index >= 15 is 0 Å². The maximum absolute atomic E-state index is 12.3. The van der Waals surface area contributed by atoms with Gasteiger partial charge in [0.15, 0.2) is 0 Å². The molecule has 0 unspecified atom stereocenters. The van der Waals surface area contributed by atoms with Crippen molar-refractivity contribution < 1.29 is 14.5 Å². The van der Waals surface area contributed by atoms with E-state index in [1.165, 1.54) is 18.2 Å². The number of benzene rings is 1. The molecule has 0 saturated carbocycles. The number of nitrogens with zero attached hydrogens (tertiary/aromatic N) is 2. The van der Waals surface area contributed by atoms with Gasteiger partial charge in [-0.3, -0.25) is 14.9 Å². The largest absolute Gasteiger partial charge is 0.352 e. The lowest BCUT2D eigenvalue weighted by Crippen LogP contribution is -2.44. The van der Waals surface area contributed by atoms with Gasteiger partial charge in [0.1, 0.15) is 0 Å². The number of nitrogens with one attached hydrogen (secondary N) is 1. The third-order valence-electron chi connectivity index (χ3n) is 3.93. The van der Waals surface area contributed by atoms with E-state index in [4.69, 9.17) is 5.73 Å². The summed E-state index contributed by atoms with van der Waals surface area (Å²) >= 11 is 0. The van der Waals surface area contributed by atoms with Gasteiger partial charge in [-0.25, -0.2) is 4.79 Å². The molecule has 8 heteroatoms. The molecule has 1 aromatic carbocycles. The highest BCUT2D eigenvalue weighted by Gasteiger charge is 2.22. The lowest BCUT2D eigenvalue weighted by molar-refractivity contribution is -0.385. The lowest BCUT2D eigenvalue weighted by atomic mass is 9.98. The number of carbonyl (C=O) groups is 2. The second kappa shape index (κ2) is 8.09.